The van der Waals surface area contributed by atoms with Crippen molar-refractivity contribution < 1.29 is 4.74 Å². The summed E-state index contributed by atoms with van der Waals surface area (Å²) in [6, 6.07) is 14.4. The van der Waals surface area contributed by atoms with Crippen LogP contribution in [0, 0.1) is 0 Å². The SMILES string of the molecule is CCCCCC[C@@H](C)OC(=S)Nc1cccc2ccccc12. The summed E-state index contributed by atoms with van der Waals surface area (Å²) in [4.78, 5) is 0. The van der Waals surface area contributed by atoms with Gasteiger partial charge >= 0.3 is 0 Å². The van der Waals surface area contributed by atoms with E-state index in [2.05, 4.69) is 37.4 Å². The Kier molecular flexibility index (Phi) is 6.66. The van der Waals surface area contributed by atoms with E-state index in [9.17, 15) is 0 Å². The third-order valence-electron chi connectivity index (χ3n) is 3.80. The van der Waals surface area contributed by atoms with E-state index in [0.717, 1.165) is 17.5 Å². The molecule has 0 spiro atoms. The molecular formula is C19H25NOS. The first kappa shape index (κ1) is 16.8. The van der Waals surface area contributed by atoms with E-state index in [1.54, 1.807) is 0 Å². The smallest absolute Gasteiger partial charge is 0.261 e. The lowest BCUT2D eigenvalue weighted by Gasteiger charge is -2.17. The Morgan fingerprint density at radius 3 is 2.68 bits per heavy atom. The highest BCUT2D eigenvalue weighted by molar-refractivity contribution is 7.80. The number of benzene rings is 2. The van der Waals surface area contributed by atoms with Crippen LogP contribution in [-0.4, -0.2) is 11.3 Å². The molecule has 1 N–H and O–H groups in total. The number of thiocarbonyl (C=S) groups is 1. The second-order valence-electron chi connectivity index (χ2n) is 5.72. The summed E-state index contributed by atoms with van der Waals surface area (Å²) in [6.07, 6.45) is 6.24. The van der Waals surface area contributed by atoms with Gasteiger partial charge in [0.1, 0.15) is 0 Å². The Bertz CT molecular complexity index is 606. The Balaban J connectivity index is 1.88. The predicted octanol–water partition coefficient (Wildman–Crippen LogP) is 5.91. The van der Waals surface area contributed by atoms with Crippen LogP contribution in [0.25, 0.3) is 10.8 Å². The Morgan fingerprint density at radius 1 is 1.09 bits per heavy atom. The molecular weight excluding hydrogens is 290 g/mol. The van der Waals surface area contributed by atoms with Gasteiger partial charge in [0.25, 0.3) is 5.17 Å². The number of hydrogen-bond donors (Lipinski definition) is 1. The van der Waals surface area contributed by atoms with Gasteiger partial charge in [-0.05, 0) is 43.4 Å². The fraction of sp³-hybridized carbons (Fsp3) is 0.421. The molecule has 2 aromatic rings. The van der Waals surface area contributed by atoms with Crippen LogP contribution in [0.15, 0.2) is 42.5 Å². The van der Waals surface area contributed by atoms with E-state index in [0.29, 0.717) is 5.17 Å². The normalized spacial score (nSPS) is 12.1. The average molecular weight is 315 g/mol. The molecule has 3 heteroatoms. The number of hydrogen-bond acceptors (Lipinski definition) is 2. The van der Waals surface area contributed by atoms with Crippen LogP contribution in [0.1, 0.15) is 46.0 Å². The van der Waals surface area contributed by atoms with Crippen molar-refractivity contribution in [3.05, 3.63) is 42.5 Å². The fourth-order valence-electron chi connectivity index (χ4n) is 2.57. The second-order valence-corrected chi connectivity index (χ2v) is 6.09. The van der Waals surface area contributed by atoms with Gasteiger partial charge in [-0.2, -0.15) is 0 Å². The van der Waals surface area contributed by atoms with Gasteiger partial charge in [-0.3, -0.25) is 0 Å². The maximum absolute atomic E-state index is 5.80. The molecule has 0 aromatic heterocycles. The topological polar surface area (TPSA) is 21.3 Å². The molecule has 2 nitrogen and oxygen atoms in total. The molecule has 0 aliphatic carbocycles. The molecule has 22 heavy (non-hydrogen) atoms. The lowest BCUT2D eigenvalue weighted by atomic mass is 10.1. The highest BCUT2D eigenvalue weighted by Gasteiger charge is 2.08. The molecule has 1 atom stereocenters. The molecule has 0 amide bonds. The minimum Gasteiger partial charge on any atom is -0.468 e. The predicted molar refractivity (Wildman–Crippen MR) is 99.5 cm³/mol. The average Bonchev–Trinajstić information content (AvgIpc) is 2.52. The van der Waals surface area contributed by atoms with E-state index < -0.39 is 0 Å². The number of nitrogens with one attached hydrogen (secondary N) is 1. The zero-order valence-corrected chi connectivity index (χ0v) is 14.3. The van der Waals surface area contributed by atoms with Crippen LogP contribution in [-0.2, 0) is 4.74 Å². The van der Waals surface area contributed by atoms with Crippen molar-refractivity contribution in [1.29, 1.82) is 0 Å². The van der Waals surface area contributed by atoms with Gasteiger partial charge in [0.2, 0.25) is 0 Å². The summed E-state index contributed by atoms with van der Waals surface area (Å²) in [7, 11) is 0. The third-order valence-corrected chi connectivity index (χ3v) is 4.00. The quantitative estimate of drug-likeness (QED) is 0.507. The molecule has 0 saturated heterocycles. The van der Waals surface area contributed by atoms with Crippen molar-refractivity contribution >= 4 is 33.9 Å². The van der Waals surface area contributed by atoms with Crippen molar-refractivity contribution in [3.8, 4) is 0 Å². The largest absolute Gasteiger partial charge is 0.468 e. The van der Waals surface area contributed by atoms with Crippen LogP contribution in [0.4, 0.5) is 5.69 Å². The number of unbranched alkanes of at least 4 members (excludes halogenated alkanes) is 3. The minimum absolute atomic E-state index is 0.159. The number of anilines is 1. The summed E-state index contributed by atoms with van der Waals surface area (Å²) in [6.45, 7) is 4.31. The molecule has 0 heterocycles. The minimum atomic E-state index is 0.159. The first-order chi connectivity index (χ1) is 10.7. The monoisotopic (exact) mass is 315 g/mol. The lowest BCUT2D eigenvalue weighted by Crippen LogP contribution is -2.20. The van der Waals surface area contributed by atoms with Crippen molar-refractivity contribution in [1.82, 2.24) is 0 Å². The van der Waals surface area contributed by atoms with Gasteiger partial charge < -0.3 is 10.1 Å². The highest BCUT2D eigenvalue weighted by Crippen LogP contribution is 2.23. The van der Waals surface area contributed by atoms with Gasteiger partial charge in [0, 0.05) is 11.1 Å². The Labute approximate surface area is 138 Å². The van der Waals surface area contributed by atoms with Crippen molar-refractivity contribution in [2.45, 2.75) is 52.1 Å². The molecule has 0 aliphatic rings. The van der Waals surface area contributed by atoms with E-state index in [-0.39, 0.29) is 6.10 Å². The van der Waals surface area contributed by atoms with E-state index >= 15 is 0 Å². The first-order valence-corrected chi connectivity index (χ1v) is 8.57. The lowest BCUT2D eigenvalue weighted by molar-refractivity contribution is 0.198. The van der Waals surface area contributed by atoms with Crippen LogP contribution in [0.3, 0.4) is 0 Å². The zero-order chi connectivity index (χ0) is 15.8. The number of rotatable bonds is 7. The maximum atomic E-state index is 5.80. The molecule has 0 saturated carbocycles. The summed E-state index contributed by atoms with van der Waals surface area (Å²) in [5.74, 6) is 0. The summed E-state index contributed by atoms with van der Waals surface area (Å²) >= 11 is 5.34. The van der Waals surface area contributed by atoms with Crippen LogP contribution in [0.5, 0.6) is 0 Å². The zero-order valence-electron chi connectivity index (χ0n) is 13.5. The van der Waals surface area contributed by atoms with Crippen molar-refractivity contribution in [2.24, 2.45) is 0 Å². The molecule has 0 fully saturated rings. The summed E-state index contributed by atoms with van der Waals surface area (Å²) in [5.41, 5.74) is 1.00. The summed E-state index contributed by atoms with van der Waals surface area (Å²) < 4.78 is 5.80. The molecule has 0 aliphatic heterocycles. The number of ether oxygens (including phenoxy) is 1. The van der Waals surface area contributed by atoms with Gasteiger partial charge in [-0.15, -0.1) is 0 Å². The van der Waals surface area contributed by atoms with Gasteiger partial charge in [0.15, 0.2) is 0 Å². The van der Waals surface area contributed by atoms with Crippen molar-refractivity contribution in [2.75, 3.05) is 5.32 Å². The summed E-state index contributed by atoms with van der Waals surface area (Å²) in [5, 5.41) is 6.04. The molecule has 0 unspecified atom stereocenters. The molecule has 2 aromatic carbocycles. The van der Waals surface area contributed by atoms with Crippen LogP contribution in [0.2, 0.25) is 0 Å². The standard InChI is InChI=1S/C19H25NOS/c1-3-4-5-6-10-15(2)21-19(22)20-18-14-9-12-16-11-7-8-13-17(16)18/h7-9,11-15H,3-6,10H2,1-2H3,(H,20,22)/t15-/m1/s1. The molecule has 0 radical (unpaired) electrons. The van der Waals surface area contributed by atoms with Gasteiger partial charge in [0.05, 0.1) is 6.10 Å². The van der Waals surface area contributed by atoms with E-state index in [4.69, 9.17) is 17.0 Å². The first-order valence-electron chi connectivity index (χ1n) is 8.16. The molecule has 2 rings (SSSR count). The fourth-order valence-corrected chi connectivity index (χ4v) is 2.85. The Morgan fingerprint density at radius 2 is 1.86 bits per heavy atom. The number of fused-ring (bicyclic) bond motifs is 1. The Hall–Kier alpha value is -1.61. The molecule has 0 bridgehead atoms. The van der Waals surface area contributed by atoms with E-state index in [1.807, 2.05) is 24.3 Å². The highest BCUT2D eigenvalue weighted by atomic mass is 32.1. The van der Waals surface area contributed by atoms with Crippen LogP contribution < -0.4 is 5.32 Å². The second kappa shape index (κ2) is 8.74. The van der Waals surface area contributed by atoms with Gasteiger partial charge in [-0.25, -0.2) is 0 Å². The van der Waals surface area contributed by atoms with E-state index in [1.165, 1.54) is 31.1 Å². The maximum Gasteiger partial charge on any atom is 0.261 e. The van der Waals surface area contributed by atoms with Crippen LogP contribution >= 0.6 is 12.2 Å². The van der Waals surface area contributed by atoms with Gasteiger partial charge in [-0.1, -0.05) is 62.6 Å². The van der Waals surface area contributed by atoms with Crippen molar-refractivity contribution in [3.63, 3.8) is 0 Å². The molecule has 118 valence electrons. The third kappa shape index (κ3) is 4.99.